The fourth-order valence-electron chi connectivity index (χ4n) is 5.79. The first-order valence-corrected chi connectivity index (χ1v) is 12.8. The molecule has 6 heteroatoms. The van der Waals surface area contributed by atoms with Gasteiger partial charge in [0.15, 0.2) is 0 Å². The molecule has 0 bridgehead atoms. The quantitative estimate of drug-likeness (QED) is 0.635. The van der Waals surface area contributed by atoms with Crippen molar-refractivity contribution in [1.82, 2.24) is 20.0 Å². The van der Waals surface area contributed by atoms with Crippen LogP contribution < -0.4 is 5.32 Å². The van der Waals surface area contributed by atoms with Gasteiger partial charge in [-0.05, 0) is 50.3 Å². The Hall–Kier alpha value is -1.47. The lowest BCUT2D eigenvalue weighted by Crippen LogP contribution is -2.51. The molecular formula is C26H42N4O2. The second kappa shape index (κ2) is 12.1. The number of likely N-dealkylation sites (tertiary alicyclic amines) is 2. The topological polar surface area (TPSA) is 48.1 Å². The summed E-state index contributed by atoms with van der Waals surface area (Å²) in [7, 11) is 0. The van der Waals surface area contributed by atoms with E-state index in [0.29, 0.717) is 12.0 Å². The second-order valence-electron chi connectivity index (χ2n) is 9.88. The Labute approximate surface area is 194 Å². The Morgan fingerprint density at radius 3 is 2.69 bits per heavy atom. The van der Waals surface area contributed by atoms with Crippen LogP contribution in [-0.2, 0) is 16.0 Å². The molecule has 0 aliphatic carbocycles. The lowest BCUT2D eigenvalue weighted by atomic mass is 9.87. The van der Waals surface area contributed by atoms with Gasteiger partial charge in [0.2, 0.25) is 5.91 Å². The van der Waals surface area contributed by atoms with Gasteiger partial charge in [-0.1, -0.05) is 37.3 Å². The summed E-state index contributed by atoms with van der Waals surface area (Å²) in [4.78, 5) is 20.8. The molecule has 32 heavy (non-hydrogen) atoms. The van der Waals surface area contributed by atoms with Gasteiger partial charge in [0, 0.05) is 51.9 Å². The third-order valence-electron chi connectivity index (χ3n) is 7.58. The molecule has 1 N–H and O–H groups in total. The minimum atomic E-state index is 0.0991. The number of nitrogens with one attached hydrogen (secondary N) is 1. The molecule has 3 atom stereocenters. The number of ether oxygens (including phenoxy) is 1. The van der Waals surface area contributed by atoms with Crippen molar-refractivity contribution in [3.63, 3.8) is 0 Å². The van der Waals surface area contributed by atoms with Gasteiger partial charge in [-0.25, -0.2) is 0 Å². The van der Waals surface area contributed by atoms with Crippen molar-refractivity contribution in [3.8, 4) is 0 Å². The van der Waals surface area contributed by atoms with Gasteiger partial charge < -0.3 is 15.0 Å². The first kappa shape index (κ1) is 23.7. The first-order valence-electron chi connectivity index (χ1n) is 12.8. The first-order chi connectivity index (χ1) is 15.7. The molecule has 3 heterocycles. The Balaban J connectivity index is 1.33. The molecule has 3 aliphatic rings. The van der Waals surface area contributed by atoms with Gasteiger partial charge in [0.1, 0.15) is 0 Å². The summed E-state index contributed by atoms with van der Waals surface area (Å²) in [5, 5.41) is 3.34. The predicted molar refractivity (Wildman–Crippen MR) is 129 cm³/mol. The van der Waals surface area contributed by atoms with Crippen LogP contribution in [0.3, 0.4) is 0 Å². The number of carbonyl (C=O) groups is 1. The number of nitrogens with zero attached hydrogens (tertiary/aromatic N) is 3. The molecule has 0 spiro atoms. The molecule has 0 aromatic heterocycles. The van der Waals surface area contributed by atoms with E-state index in [1.165, 1.54) is 24.9 Å². The molecule has 0 saturated carbocycles. The van der Waals surface area contributed by atoms with E-state index in [9.17, 15) is 4.79 Å². The molecule has 1 amide bonds. The second-order valence-corrected chi connectivity index (χ2v) is 9.88. The third-order valence-corrected chi connectivity index (χ3v) is 7.58. The fraction of sp³-hybridized carbons (Fsp3) is 0.731. The normalized spacial score (nSPS) is 28.1. The van der Waals surface area contributed by atoms with Crippen molar-refractivity contribution in [1.29, 1.82) is 0 Å². The molecular weight excluding hydrogens is 400 g/mol. The van der Waals surface area contributed by atoms with E-state index in [4.69, 9.17) is 4.74 Å². The minimum absolute atomic E-state index is 0.0991. The molecule has 178 valence electrons. The minimum Gasteiger partial charge on any atom is -0.379 e. The molecule has 0 radical (unpaired) electrons. The lowest BCUT2D eigenvalue weighted by molar-refractivity contribution is -0.128. The summed E-state index contributed by atoms with van der Waals surface area (Å²) in [6, 6.07) is 11.2. The third kappa shape index (κ3) is 6.77. The number of carbonyl (C=O) groups excluding carboxylic acids is 1. The smallest absolute Gasteiger partial charge is 0.224 e. The van der Waals surface area contributed by atoms with E-state index >= 15 is 0 Å². The van der Waals surface area contributed by atoms with Gasteiger partial charge >= 0.3 is 0 Å². The summed E-state index contributed by atoms with van der Waals surface area (Å²) in [5.74, 6) is 0.915. The highest BCUT2D eigenvalue weighted by Gasteiger charge is 2.33. The number of piperidine rings is 1. The van der Waals surface area contributed by atoms with Crippen molar-refractivity contribution < 1.29 is 9.53 Å². The SMILES string of the molecule is CCN1CCCC1CNC(=O)[C@@H]1C[C@H](CN2CCOCC2)CN(CCc2ccccc2)C1. The number of likely N-dealkylation sites (N-methyl/N-ethyl adjacent to an activating group) is 1. The van der Waals surface area contributed by atoms with E-state index in [1.54, 1.807) is 0 Å². The van der Waals surface area contributed by atoms with E-state index in [-0.39, 0.29) is 11.8 Å². The van der Waals surface area contributed by atoms with Crippen LogP contribution >= 0.6 is 0 Å². The van der Waals surface area contributed by atoms with Crippen LogP contribution in [0.5, 0.6) is 0 Å². The molecule has 3 saturated heterocycles. The number of hydrogen-bond acceptors (Lipinski definition) is 5. The molecule has 3 fully saturated rings. The highest BCUT2D eigenvalue weighted by molar-refractivity contribution is 5.79. The average Bonchev–Trinajstić information content (AvgIpc) is 3.30. The largest absolute Gasteiger partial charge is 0.379 e. The molecule has 1 aromatic carbocycles. The van der Waals surface area contributed by atoms with Crippen LogP contribution in [0.4, 0.5) is 0 Å². The maximum absolute atomic E-state index is 13.2. The van der Waals surface area contributed by atoms with Gasteiger partial charge in [-0.15, -0.1) is 0 Å². The number of morpholine rings is 1. The summed E-state index contributed by atoms with van der Waals surface area (Å²) in [6.07, 6.45) is 4.52. The van der Waals surface area contributed by atoms with Gasteiger partial charge in [-0.3, -0.25) is 14.6 Å². The highest BCUT2D eigenvalue weighted by atomic mass is 16.5. The van der Waals surface area contributed by atoms with E-state index in [2.05, 4.69) is 57.3 Å². The maximum Gasteiger partial charge on any atom is 0.224 e. The van der Waals surface area contributed by atoms with Gasteiger partial charge in [0.05, 0.1) is 19.1 Å². The Bertz CT molecular complexity index is 694. The maximum atomic E-state index is 13.2. The summed E-state index contributed by atoms with van der Waals surface area (Å²) < 4.78 is 5.54. The van der Waals surface area contributed by atoms with Crippen LogP contribution in [0.1, 0.15) is 31.7 Å². The zero-order chi connectivity index (χ0) is 22.2. The lowest BCUT2D eigenvalue weighted by Gasteiger charge is -2.40. The fourth-order valence-corrected chi connectivity index (χ4v) is 5.79. The summed E-state index contributed by atoms with van der Waals surface area (Å²) in [5.41, 5.74) is 1.38. The standard InChI is InChI=1S/C26H42N4O2/c1-2-30-11-6-9-25(30)18-27-26(31)24-17-23(19-28-13-15-32-16-14-28)20-29(21-24)12-10-22-7-4-3-5-8-22/h3-5,7-8,23-25H,2,6,9-21H2,1H3,(H,27,31)/t23-,24-,25?/m1/s1. The predicted octanol–water partition coefficient (Wildman–Crippen LogP) is 2.10. The zero-order valence-corrected chi connectivity index (χ0v) is 19.9. The number of rotatable bonds is 9. The number of benzene rings is 1. The van der Waals surface area contributed by atoms with Crippen LogP contribution in [0.25, 0.3) is 0 Å². The number of amides is 1. The Morgan fingerprint density at radius 2 is 1.91 bits per heavy atom. The molecule has 6 nitrogen and oxygen atoms in total. The van der Waals surface area contributed by atoms with Crippen molar-refractivity contribution >= 4 is 5.91 Å². The van der Waals surface area contributed by atoms with Crippen molar-refractivity contribution in [2.75, 3.05) is 72.1 Å². The van der Waals surface area contributed by atoms with Crippen LogP contribution in [-0.4, -0.2) is 98.8 Å². The van der Waals surface area contributed by atoms with E-state index in [1.807, 2.05) is 0 Å². The summed E-state index contributed by atoms with van der Waals surface area (Å²) >= 11 is 0. The van der Waals surface area contributed by atoms with Gasteiger partial charge in [0.25, 0.3) is 0 Å². The van der Waals surface area contributed by atoms with Crippen molar-refractivity contribution in [2.45, 2.75) is 38.6 Å². The highest BCUT2D eigenvalue weighted by Crippen LogP contribution is 2.24. The molecule has 4 rings (SSSR count). The molecule has 1 unspecified atom stereocenters. The van der Waals surface area contributed by atoms with Gasteiger partial charge in [-0.2, -0.15) is 0 Å². The monoisotopic (exact) mass is 442 g/mol. The molecule has 3 aliphatic heterocycles. The van der Waals surface area contributed by atoms with Crippen LogP contribution in [0.15, 0.2) is 30.3 Å². The van der Waals surface area contributed by atoms with Crippen molar-refractivity contribution in [3.05, 3.63) is 35.9 Å². The summed E-state index contributed by atoms with van der Waals surface area (Å²) in [6.45, 7) is 13.1. The zero-order valence-electron chi connectivity index (χ0n) is 19.9. The van der Waals surface area contributed by atoms with E-state index in [0.717, 1.165) is 78.4 Å². The Kier molecular flexibility index (Phi) is 8.97. The average molecular weight is 443 g/mol. The molecule has 1 aromatic rings. The van der Waals surface area contributed by atoms with Crippen molar-refractivity contribution in [2.24, 2.45) is 11.8 Å². The Morgan fingerprint density at radius 1 is 1.09 bits per heavy atom. The number of hydrogen-bond donors (Lipinski definition) is 1. The van der Waals surface area contributed by atoms with E-state index < -0.39 is 0 Å². The van der Waals surface area contributed by atoms with Crippen LogP contribution in [0.2, 0.25) is 0 Å². The van der Waals surface area contributed by atoms with Crippen LogP contribution in [0, 0.1) is 11.8 Å².